The molecule has 1 saturated carbocycles. The summed E-state index contributed by atoms with van der Waals surface area (Å²) in [4.78, 5) is 2.77. The molecule has 1 atom stereocenters. The molecule has 2 heteroatoms. The van der Waals surface area contributed by atoms with Crippen LogP contribution in [0.2, 0.25) is 0 Å². The molecular formula is C16H32N2. The molecular weight excluding hydrogens is 220 g/mol. The normalized spacial score (nSPS) is 39.2. The molecule has 2 rings (SSSR count). The third-order valence-electron chi connectivity index (χ3n) is 5.70. The van der Waals surface area contributed by atoms with Gasteiger partial charge < -0.3 is 5.73 Å². The lowest BCUT2D eigenvalue weighted by Crippen LogP contribution is -2.60. The highest BCUT2D eigenvalue weighted by Crippen LogP contribution is 2.41. The van der Waals surface area contributed by atoms with Gasteiger partial charge in [0.15, 0.2) is 0 Å². The summed E-state index contributed by atoms with van der Waals surface area (Å²) < 4.78 is 0. The fourth-order valence-electron chi connectivity index (χ4n) is 4.26. The van der Waals surface area contributed by atoms with Gasteiger partial charge in [0.1, 0.15) is 0 Å². The van der Waals surface area contributed by atoms with Crippen LogP contribution in [0, 0.1) is 11.8 Å². The minimum atomic E-state index is 0.339. The molecule has 1 saturated heterocycles. The largest absolute Gasteiger partial charge is 0.329 e. The summed E-state index contributed by atoms with van der Waals surface area (Å²) in [6.07, 6.45) is 9.59. The zero-order chi connectivity index (χ0) is 13.2. The molecule has 0 aromatic heterocycles. The first-order chi connectivity index (χ1) is 8.59. The molecule has 1 heterocycles. The van der Waals surface area contributed by atoms with E-state index in [9.17, 15) is 0 Å². The number of nitrogens with two attached hydrogens (primary N) is 1. The fraction of sp³-hybridized carbons (Fsp3) is 1.00. The second-order valence-corrected chi connectivity index (χ2v) is 7.05. The average Bonchev–Trinajstić information content (AvgIpc) is 2.39. The molecule has 0 aromatic carbocycles. The summed E-state index contributed by atoms with van der Waals surface area (Å²) in [7, 11) is 0. The van der Waals surface area contributed by atoms with Crippen molar-refractivity contribution in [2.24, 2.45) is 17.6 Å². The van der Waals surface area contributed by atoms with Gasteiger partial charge in [-0.05, 0) is 63.8 Å². The molecule has 2 fully saturated rings. The minimum absolute atomic E-state index is 0.339. The van der Waals surface area contributed by atoms with E-state index >= 15 is 0 Å². The van der Waals surface area contributed by atoms with Crippen LogP contribution in [0.15, 0.2) is 0 Å². The Labute approximate surface area is 113 Å². The second kappa shape index (κ2) is 5.92. The molecule has 106 valence electrons. The van der Waals surface area contributed by atoms with Gasteiger partial charge in [0, 0.05) is 18.1 Å². The Morgan fingerprint density at radius 3 is 2.33 bits per heavy atom. The number of likely N-dealkylation sites (tertiary alicyclic amines) is 1. The van der Waals surface area contributed by atoms with Crippen LogP contribution in [-0.2, 0) is 0 Å². The molecule has 2 N–H and O–H groups in total. The molecule has 0 bridgehead atoms. The first-order valence-corrected chi connectivity index (χ1v) is 8.06. The Morgan fingerprint density at radius 2 is 1.83 bits per heavy atom. The molecule has 1 unspecified atom stereocenters. The van der Waals surface area contributed by atoms with E-state index in [1.54, 1.807) is 0 Å². The Balaban J connectivity index is 2.03. The summed E-state index contributed by atoms with van der Waals surface area (Å²) in [5.41, 5.74) is 6.55. The van der Waals surface area contributed by atoms with Gasteiger partial charge in [-0.3, -0.25) is 4.90 Å². The van der Waals surface area contributed by atoms with E-state index < -0.39 is 0 Å². The van der Waals surface area contributed by atoms with E-state index in [-0.39, 0.29) is 0 Å². The molecule has 1 aliphatic carbocycles. The average molecular weight is 252 g/mol. The highest BCUT2D eigenvalue weighted by molar-refractivity contribution is 4.99. The van der Waals surface area contributed by atoms with Crippen LogP contribution >= 0.6 is 0 Å². The number of hydrogen-bond acceptors (Lipinski definition) is 2. The number of piperidine rings is 1. The lowest BCUT2D eigenvalue weighted by atomic mass is 9.71. The Kier molecular flexibility index (Phi) is 4.71. The standard InChI is InChI=1S/C16H32N2/c1-13(2)15-7-9-16(12-17,10-8-15)18-11-5-4-6-14(18)3/h13-15H,4-12,17H2,1-3H3. The molecule has 0 radical (unpaired) electrons. The second-order valence-electron chi connectivity index (χ2n) is 7.05. The summed E-state index contributed by atoms with van der Waals surface area (Å²) in [5, 5.41) is 0. The van der Waals surface area contributed by atoms with E-state index in [0.29, 0.717) is 5.54 Å². The predicted octanol–water partition coefficient (Wildman–Crippen LogP) is 3.40. The summed E-state index contributed by atoms with van der Waals surface area (Å²) in [5.74, 6) is 1.78. The summed E-state index contributed by atoms with van der Waals surface area (Å²) in [6.45, 7) is 9.31. The van der Waals surface area contributed by atoms with Crippen LogP contribution in [-0.4, -0.2) is 29.6 Å². The zero-order valence-electron chi connectivity index (χ0n) is 12.6. The summed E-state index contributed by atoms with van der Waals surface area (Å²) in [6, 6.07) is 0.748. The van der Waals surface area contributed by atoms with Gasteiger partial charge in [0.2, 0.25) is 0 Å². The Bertz CT molecular complexity index is 254. The lowest BCUT2D eigenvalue weighted by Gasteiger charge is -2.52. The third-order valence-corrected chi connectivity index (χ3v) is 5.70. The lowest BCUT2D eigenvalue weighted by molar-refractivity contribution is -0.0102. The van der Waals surface area contributed by atoms with E-state index in [0.717, 1.165) is 24.4 Å². The highest BCUT2D eigenvalue weighted by atomic mass is 15.2. The van der Waals surface area contributed by atoms with Crippen LogP contribution in [0.1, 0.15) is 65.7 Å². The predicted molar refractivity (Wildman–Crippen MR) is 78.6 cm³/mol. The quantitative estimate of drug-likeness (QED) is 0.834. The van der Waals surface area contributed by atoms with E-state index in [1.807, 2.05) is 0 Å². The number of rotatable bonds is 3. The van der Waals surface area contributed by atoms with Crippen LogP contribution in [0.3, 0.4) is 0 Å². The monoisotopic (exact) mass is 252 g/mol. The number of nitrogens with zero attached hydrogens (tertiary/aromatic N) is 1. The minimum Gasteiger partial charge on any atom is -0.329 e. The Hall–Kier alpha value is -0.0800. The maximum Gasteiger partial charge on any atom is 0.0334 e. The molecule has 0 aromatic rings. The van der Waals surface area contributed by atoms with Gasteiger partial charge in [-0.1, -0.05) is 20.3 Å². The van der Waals surface area contributed by atoms with Crippen molar-refractivity contribution in [1.29, 1.82) is 0 Å². The first kappa shape index (κ1) is 14.3. The smallest absolute Gasteiger partial charge is 0.0334 e. The van der Waals surface area contributed by atoms with Gasteiger partial charge in [-0.15, -0.1) is 0 Å². The van der Waals surface area contributed by atoms with Crippen LogP contribution < -0.4 is 5.73 Å². The highest BCUT2D eigenvalue weighted by Gasteiger charge is 2.42. The van der Waals surface area contributed by atoms with Gasteiger partial charge >= 0.3 is 0 Å². The SMILES string of the molecule is CC(C)C1CCC(CN)(N2CCCCC2C)CC1. The van der Waals surface area contributed by atoms with E-state index in [2.05, 4.69) is 25.7 Å². The van der Waals surface area contributed by atoms with Crippen molar-refractivity contribution in [3.8, 4) is 0 Å². The number of hydrogen-bond donors (Lipinski definition) is 1. The van der Waals surface area contributed by atoms with Crippen molar-refractivity contribution in [3.05, 3.63) is 0 Å². The molecule has 18 heavy (non-hydrogen) atoms. The maximum absolute atomic E-state index is 6.21. The van der Waals surface area contributed by atoms with Crippen molar-refractivity contribution in [2.45, 2.75) is 77.3 Å². The van der Waals surface area contributed by atoms with Crippen LogP contribution in [0.25, 0.3) is 0 Å². The molecule has 0 spiro atoms. The van der Waals surface area contributed by atoms with Crippen LogP contribution in [0.5, 0.6) is 0 Å². The van der Waals surface area contributed by atoms with Crippen LogP contribution in [0.4, 0.5) is 0 Å². The molecule has 0 amide bonds. The molecule has 1 aliphatic heterocycles. The fourth-order valence-corrected chi connectivity index (χ4v) is 4.26. The van der Waals surface area contributed by atoms with Gasteiger partial charge in [-0.25, -0.2) is 0 Å². The van der Waals surface area contributed by atoms with Crippen molar-refractivity contribution < 1.29 is 0 Å². The van der Waals surface area contributed by atoms with Gasteiger partial charge in [0.25, 0.3) is 0 Å². The topological polar surface area (TPSA) is 29.3 Å². The van der Waals surface area contributed by atoms with Crippen molar-refractivity contribution in [3.63, 3.8) is 0 Å². The molecule has 2 nitrogen and oxygen atoms in total. The maximum atomic E-state index is 6.21. The van der Waals surface area contributed by atoms with Gasteiger partial charge in [0.05, 0.1) is 0 Å². The van der Waals surface area contributed by atoms with E-state index in [4.69, 9.17) is 5.73 Å². The van der Waals surface area contributed by atoms with Crippen molar-refractivity contribution in [1.82, 2.24) is 4.90 Å². The molecule has 2 aliphatic rings. The third kappa shape index (κ3) is 2.75. The van der Waals surface area contributed by atoms with E-state index in [1.165, 1.54) is 51.5 Å². The Morgan fingerprint density at radius 1 is 1.17 bits per heavy atom. The zero-order valence-corrected chi connectivity index (χ0v) is 12.6. The van der Waals surface area contributed by atoms with Gasteiger partial charge in [-0.2, -0.15) is 0 Å². The first-order valence-electron chi connectivity index (χ1n) is 8.06. The summed E-state index contributed by atoms with van der Waals surface area (Å²) >= 11 is 0. The van der Waals surface area contributed by atoms with Crippen molar-refractivity contribution in [2.75, 3.05) is 13.1 Å². The van der Waals surface area contributed by atoms with Crippen molar-refractivity contribution >= 4 is 0 Å².